The van der Waals surface area contributed by atoms with Gasteiger partial charge in [-0.1, -0.05) is 24.6 Å². The zero-order chi connectivity index (χ0) is 14.8. The van der Waals surface area contributed by atoms with Crippen LogP contribution in [0, 0.1) is 0 Å². The fourth-order valence-electron chi connectivity index (χ4n) is 2.39. The van der Waals surface area contributed by atoms with Crippen LogP contribution in [0.3, 0.4) is 0 Å². The summed E-state index contributed by atoms with van der Waals surface area (Å²) < 4.78 is 0. The first-order valence-corrected chi connectivity index (χ1v) is 8.26. The maximum atomic E-state index is 6.21. The second-order valence-electron chi connectivity index (χ2n) is 5.05. The number of aryl methyl sites for hydroxylation is 1. The van der Waals surface area contributed by atoms with E-state index >= 15 is 0 Å². The largest absolute Gasteiger partial charge is 0.376 e. The molecule has 4 heteroatoms. The highest BCUT2D eigenvalue weighted by atomic mass is 35.5. The molecule has 0 amide bonds. The fourth-order valence-corrected chi connectivity index (χ4v) is 3.57. The highest BCUT2D eigenvalue weighted by molar-refractivity contribution is 7.12. The van der Waals surface area contributed by atoms with Crippen LogP contribution in [0.1, 0.15) is 29.6 Å². The minimum atomic E-state index is 0.235. The van der Waals surface area contributed by atoms with Crippen molar-refractivity contribution in [1.29, 1.82) is 0 Å². The van der Waals surface area contributed by atoms with Crippen molar-refractivity contribution in [3.63, 3.8) is 0 Å². The monoisotopic (exact) mass is 316 g/mol. The minimum Gasteiger partial charge on any atom is -0.376 e. The van der Waals surface area contributed by atoms with Crippen LogP contribution in [0.2, 0.25) is 5.02 Å². The van der Waals surface area contributed by atoms with Gasteiger partial charge in [0.2, 0.25) is 0 Å². The van der Waals surface area contributed by atoms with Gasteiger partial charge < -0.3 is 5.32 Å². The second-order valence-corrected chi connectivity index (χ2v) is 6.69. The highest BCUT2D eigenvalue weighted by Crippen LogP contribution is 2.31. The number of aromatic nitrogens is 1. The number of thiophene rings is 1. The summed E-state index contributed by atoms with van der Waals surface area (Å²) in [5, 5.41) is 5.33. The molecule has 0 bridgehead atoms. The molecule has 1 unspecified atom stereocenters. The first-order chi connectivity index (χ1) is 10.2. The highest BCUT2D eigenvalue weighted by Gasteiger charge is 2.11. The molecule has 2 aromatic heterocycles. The summed E-state index contributed by atoms with van der Waals surface area (Å²) >= 11 is 8.07. The Bertz CT molecular complexity index is 766. The Hall–Kier alpha value is -1.58. The SMILES string of the molecule is CCc1ccc(C(C)Nc2cc(Cl)cc3cccnc23)s1. The molecule has 1 aromatic carbocycles. The van der Waals surface area contributed by atoms with Crippen LogP contribution in [0.5, 0.6) is 0 Å². The van der Waals surface area contributed by atoms with Gasteiger partial charge in [0.05, 0.1) is 17.2 Å². The van der Waals surface area contributed by atoms with E-state index < -0.39 is 0 Å². The summed E-state index contributed by atoms with van der Waals surface area (Å²) in [6, 6.07) is 12.5. The number of nitrogens with zero attached hydrogens (tertiary/aromatic N) is 1. The number of halogens is 1. The van der Waals surface area contributed by atoms with Gasteiger partial charge in [-0.3, -0.25) is 4.98 Å². The van der Waals surface area contributed by atoms with Gasteiger partial charge in [-0.25, -0.2) is 0 Å². The number of hydrogen-bond donors (Lipinski definition) is 1. The Kier molecular flexibility index (Phi) is 4.13. The first kappa shape index (κ1) is 14.4. The first-order valence-electron chi connectivity index (χ1n) is 7.07. The summed E-state index contributed by atoms with van der Waals surface area (Å²) in [5.41, 5.74) is 1.94. The number of anilines is 1. The van der Waals surface area contributed by atoms with Crippen molar-refractivity contribution in [1.82, 2.24) is 4.98 Å². The lowest BCUT2D eigenvalue weighted by Crippen LogP contribution is -2.05. The molecule has 2 nitrogen and oxygen atoms in total. The topological polar surface area (TPSA) is 24.9 Å². The number of nitrogens with one attached hydrogen (secondary N) is 1. The molecule has 1 atom stereocenters. The van der Waals surface area contributed by atoms with Crippen molar-refractivity contribution < 1.29 is 0 Å². The zero-order valence-electron chi connectivity index (χ0n) is 12.1. The summed E-state index contributed by atoms with van der Waals surface area (Å²) in [4.78, 5) is 7.21. The van der Waals surface area contributed by atoms with E-state index in [1.54, 1.807) is 0 Å². The lowest BCUT2D eigenvalue weighted by atomic mass is 10.1. The number of pyridine rings is 1. The van der Waals surface area contributed by atoms with Crippen molar-refractivity contribution in [3.8, 4) is 0 Å². The number of benzene rings is 1. The van der Waals surface area contributed by atoms with Crippen LogP contribution < -0.4 is 5.32 Å². The third-order valence-corrected chi connectivity index (χ3v) is 5.13. The normalized spacial score (nSPS) is 12.5. The van der Waals surface area contributed by atoms with E-state index in [9.17, 15) is 0 Å². The Balaban J connectivity index is 1.93. The van der Waals surface area contributed by atoms with Crippen LogP contribution in [-0.2, 0) is 6.42 Å². The molecule has 108 valence electrons. The molecule has 0 saturated heterocycles. The summed E-state index contributed by atoms with van der Waals surface area (Å²) in [6.45, 7) is 4.35. The molecule has 2 heterocycles. The fraction of sp³-hybridized carbons (Fsp3) is 0.235. The van der Waals surface area contributed by atoms with Gasteiger partial charge >= 0.3 is 0 Å². The van der Waals surface area contributed by atoms with Crippen molar-refractivity contribution in [2.45, 2.75) is 26.3 Å². The molecule has 0 fully saturated rings. The van der Waals surface area contributed by atoms with Gasteiger partial charge in [0.25, 0.3) is 0 Å². The van der Waals surface area contributed by atoms with Crippen molar-refractivity contribution in [3.05, 3.63) is 57.4 Å². The van der Waals surface area contributed by atoms with E-state index in [0.29, 0.717) is 0 Å². The van der Waals surface area contributed by atoms with Crippen LogP contribution in [-0.4, -0.2) is 4.98 Å². The molecular formula is C17H17ClN2S. The lowest BCUT2D eigenvalue weighted by molar-refractivity contribution is 0.909. The van der Waals surface area contributed by atoms with E-state index in [4.69, 9.17) is 11.6 Å². The Morgan fingerprint density at radius 1 is 1.29 bits per heavy atom. The standard InChI is InChI=1S/C17H17ClN2S/c1-3-14-6-7-16(21-14)11(2)20-15-10-13(18)9-12-5-4-8-19-17(12)15/h4-11,20H,3H2,1-2H3. The third-order valence-electron chi connectivity index (χ3n) is 3.50. The van der Waals surface area contributed by atoms with E-state index in [-0.39, 0.29) is 6.04 Å². The van der Waals surface area contributed by atoms with Gasteiger partial charge in [0.1, 0.15) is 0 Å². The zero-order valence-corrected chi connectivity index (χ0v) is 13.6. The van der Waals surface area contributed by atoms with E-state index in [2.05, 4.69) is 36.3 Å². The maximum absolute atomic E-state index is 6.21. The molecular weight excluding hydrogens is 300 g/mol. The van der Waals surface area contributed by atoms with Gasteiger partial charge in [-0.2, -0.15) is 0 Å². The van der Waals surface area contributed by atoms with Crippen LogP contribution in [0.25, 0.3) is 10.9 Å². The molecule has 0 aliphatic carbocycles. The Morgan fingerprint density at radius 3 is 2.90 bits per heavy atom. The number of hydrogen-bond acceptors (Lipinski definition) is 3. The molecule has 0 aliphatic rings. The van der Waals surface area contributed by atoms with Gasteiger partial charge in [-0.05, 0) is 43.7 Å². The molecule has 0 radical (unpaired) electrons. The number of rotatable bonds is 4. The van der Waals surface area contributed by atoms with E-state index in [0.717, 1.165) is 28.0 Å². The van der Waals surface area contributed by atoms with Gasteiger partial charge in [0, 0.05) is 26.4 Å². The lowest BCUT2D eigenvalue weighted by Gasteiger charge is -2.15. The average molecular weight is 317 g/mol. The van der Waals surface area contributed by atoms with Gasteiger partial charge in [-0.15, -0.1) is 11.3 Å². The Labute approximate surface area is 133 Å². The molecule has 3 rings (SSSR count). The van der Waals surface area contributed by atoms with Crippen LogP contribution in [0.15, 0.2) is 42.6 Å². The van der Waals surface area contributed by atoms with Crippen molar-refractivity contribution >= 4 is 39.5 Å². The predicted octanol–water partition coefficient (Wildman–Crippen LogP) is 5.69. The predicted molar refractivity (Wildman–Crippen MR) is 92.5 cm³/mol. The van der Waals surface area contributed by atoms with Gasteiger partial charge in [0.15, 0.2) is 0 Å². The molecule has 0 spiro atoms. The summed E-state index contributed by atoms with van der Waals surface area (Å²) in [6.07, 6.45) is 2.89. The second kappa shape index (κ2) is 6.04. The summed E-state index contributed by atoms with van der Waals surface area (Å²) in [5.74, 6) is 0. The quantitative estimate of drug-likeness (QED) is 0.669. The molecule has 0 aliphatic heterocycles. The molecule has 3 aromatic rings. The van der Waals surface area contributed by atoms with Crippen LogP contribution >= 0.6 is 22.9 Å². The average Bonchev–Trinajstić information content (AvgIpc) is 2.96. The summed E-state index contributed by atoms with van der Waals surface area (Å²) in [7, 11) is 0. The van der Waals surface area contributed by atoms with Crippen LogP contribution in [0.4, 0.5) is 5.69 Å². The molecule has 21 heavy (non-hydrogen) atoms. The maximum Gasteiger partial charge on any atom is 0.0934 e. The van der Waals surface area contributed by atoms with E-state index in [1.165, 1.54) is 9.75 Å². The molecule has 0 saturated carbocycles. The Morgan fingerprint density at radius 2 is 2.14 bits per heavy atom. The molecule has 1 N–H and O–H groups in total. The van der Waals surface area contributed by atoms with Crippen molar-refractivity contribution in [2.75, 3.05) is 5.32 Å². The minimum absolute atomic E-state index is 0.235. The van der Waals surface area contributed by atoms with E-state index in [1.807, 2.05) is 41.8 Å². The third kappa shape index (κ3) is 3.04. The number of fused-ring (bicyclic) bond motifs is 1. The smallest absolute Gasteiger partial charge is 0.0934 e. The van der Waals surface area contributed by atoms with Crippen molar-refractivity contribution in [2.24, 2.45) is 0 Å².